The molecule has 4 aromatic rings. The van der Waals surface area contributed by atoms with Crippen LogP contribution >= 0.6 is 11.3 Å². The average Bonchev–Trinajstić information content (AvgIpc) is 3.44. The molecule has 2 aromatic heterocycles. The zero-order valence-electron chi connectivity index (χ0n) is 15.7. The molecule has 0 amide bonds. The minimum absolute atomic E-state index is 0.0670. The van der Waals surface area contributed by atoms with Crippen LogP contribution in [0.15, 0.2) is 77.9 Å². The number of aromatic nitrogens is 3. The second-order valence-electron chi connectivity index (χ2n) is 7.31. The number of rotatable bonds is 2. The van der Waals surface area contributed by atoms with Crippen LogP contribution in [0, 0.1) is 6.92 Å². The van der Waals surface area contributed by atoms with E-state index in [1.807, 2.05) is 10.7 Å². The summed E-state index contributed by atoms with van der Waals surface area (Å²) in [5.74, 6) is 1.64. The van der Waals surface area contributed by atoms with E-state index in [2.05, 4.69) is 82.3 Å². The smallest absolute Gasteiger partial charge is 0.226 e. The Kier molecular flexibility index (Phi) is 3.61. The van der Waals surface area contributed by atoms with Gasteiger partial charge in [-0.3, -0.25) is 0 Å². The van der Waals surface area contributed by atoms with Crippen LogP contribution in [-0.4, -0.2) is 14.8 Å². The molecule has 0 radical (unpaired) electrons. The van der Waals surface area contributed by atoms with Crippen LogP contribution in [0.2, 0.25) is 0 Å². The average molecular weight is 398 g/mol. The number of fused-ring (bicyclic) bond motifs is 3. The minimum Gasteiger partial charge on any atom is -0.480 e. The molecule has 0 aliphatic carbocycles. The van der Waals surface area contributed by atoms with Crippen molar-refractivity contribution in [3.63, 3.8) is 0 Å². The third-order valence-corrected chi connectivity index (χ3v) is 6.41. The van der Waals surface area contributed by atoms with Crippen molar-refractivity contribution in [3.05, 3.63) is 99.5 Å². The number of ether oxygens (including phenoxy) is 1. The summed E-state index contributed by atoms with van der Waals surface area (Å²) in [6.45, 7) is 2.10. The molecule has 0 saturated carbocycles. The van der Waals surface area contributed by atoms with Crippen molar-refractivity contribution in [2.45, 2.75) is 19.1 Å². The van der Waals surface area contributed by atoms with Crippen LogP contribution in [0.3, 0.4) is 0 Å². The highest BCUT2D eigenvalue weighted by atomic mass is 32.1. The molecular formula is C23H18N4OS. The predicted molar refractivity (Wildman–Crippen MR) is 114 cm³/mol. The fourth-order valence-electron chi connectivity index (χ4n) is 4.21. The molecule has 4 heterocycles. The van der Waals surface area contributed by atoms with Gasteiger partial charge in [0.2, 0.25) is 5.95 Å². The molecule has 2 aliphatic heterocycles. The van der Waals surface area contributed by atoms with Crippen LogP contribution in [0.5, 0.6) is 5.75 Å². The SMILES string of the molecule is Cc1ccc2c(c1)C1=C([C@@H](c3ccccc3)O2)[C@@H](c2cccs2)n2ncnc2N1. The molecule has 2 atom stereocenters. The molecule has 1 N–H and O–H groups in total. The Hall–Kier alpha value is -3.38. The maximum absolute atomic E-state index is 6.61. The summed E-state index contributed by atoms with van der Waals surface area (Å²) in [4.78, 5) is 5.69. The first-order valence-corrected chi connectivity index (χ1v) is 10.4. The lowest BCUT2D eigenvalue weighted by Gasteiger charge is -2.38. The molecule has 29 heavy (non-hydrogen) atoms. The van der Waals surface area contributed by atoms with Crippen LogP contribution in [-0.2, 0) is 0 Å². The zero-order chi connectivity index (χ0) is 19.4. The fourth-order valence-corrected chi connectivity index (χ4v) is 5.03. The second kappa shape index (κ2) is 6.32. The topological polar surface area (TPSA) is 52.0 Å². The predicted octanol–water partition coefficient (Wildman–Crippen LogP) is 5.21. The van der Waals surface area contributed by atoms with E-state index in [0.29, 0.717) is 0 Å². The zero-order valence-corrected chi connectivity index (χ0v) is 16.6. The number of nitrogens with zero attached hydrogens (tertiary/aromatic N) is 3. The van der Waals surface area contributed by atoms with Crippen LogP contribution in [0.4, 0.5) is 5.95 Å². The molecule has 6 heteroatoms. The number of thiophene rings is 1. The van der Waals surface area contributed by atoms with Crippen molar-refractivity contribution in [1.29, 1.82) is 0 Å². The monoisotopic (exact) mass is 398 g/mol. The van der Waals surface area contributed by atoms with Gasteiger partial charge in [-0.15, -0.1) is 11.3 Å². The maximum Gasteiger partial charge on any atom is 0.226 e. The van der Waals surface area contributed by atoms with Gasteiger partial charge in [0.1, 0.15) is 24.2 Å². The maximum atomic E-state index is 6.61. The third-order valence-electron chi connectivity index (χ3n) is 5.48. The van der Waals surface area contributed by atoms with Gasteiger partial charge >= 0.3 is 0 Å². The summed E-state index contributed by atoms with van der Waals surface area (Å²) in [7, 11) is 0. The first-order chi connectivity index (χ1) is 14.3. The molecule has 2 aliphatic rings. The van der Waals surface area contributed by atoms with Crippen molar-refractivity contribution in [3.8, 4) is 5.75 Å². The van der Waals surface area contributed by atoms with E-state index in [0.717, 1.165) is 34.1 Å². The van der Waals surface area contributed by atoms with E-state index in [1.54, 1.807) is 17.7 Å². The van der Waals surface area contributed by atoms with Gasteiger partial charge in [0.25, 0.3) is 0 Å². The molecule has 6 rings (SSSR count). The molecule has 2 aromatic carbocycles. The highest BCUT2D eigenvalue weighted by Crippen LogP contribution is 2.51. The number of benzene rings is 2. The molecule has 5 nitrogen and oxygen atoms in total. The lowest BCUT2D eigenvalue weighted by Crippen LogP contribution is -2.32. The van der Waals surface area contributed by atoms with Crippen molar-refractivity contribution in [2.24, 2.45) is 0 Å². The summed E-state index contributed by atoms with van der Waals surface area (Å²) < 4.78 is 8.57. The lowest BCUT2D eigenvalue weighted by molar-refractivity contribution is 0.223. The van der Waals surface area contributed by atoms with Crippen molar-refractivity contribution in [1.82, 2.24) is 14.8 Å². The van der Waals surface area contributed by atoms with Gasteiger partial charge in [0, 0.05) is 16.0 Å². The molecule has 0 bridgehead atoms. The highest BCUT2D eigenvalue weighted by molar-refractivity contribution is 7.10. The summed E-state index contributed by atoms with van der Waals surface area (Å²) in [6, 6.07) is 20.9. The summed E-state index contributed by atoms with van der Waals surface area (Å²) in [5, 5.41) is 10.2. The number of nitrogens with one attached hydrogen (secondary N) is 1. The Labute approximate surface area is 172 Å². The summed E-state index contributed by atoms with van der Waals surface area (Å²) in [5.41, 5.74) is 5.62. The van der Waals surface area contributed by atoms with Gasteiger partial charge in [-0.25, -0.2) is 4.68 Å². The third kappa shape index (κ3) is 2.53. The molecule has 0 spiro atoms. The molecule has 142 valence electrons. The quantitative estimate of drug-likeness (QED) is 0.504. The van der Waals surface area contributed by atoms with E-state index >= 15 is 0 Å². The first-order valence-electron chi connectivity index (χ1n) is 9.56. The summed E-state index contributed by atoms with van der Waals surface area (Å²) >= 11 is 1.73. The number of hydrogen-bond donors (Lipinski definition) is 1. The molecule has 0 unspecified atom stereocenters. The normalized spacial score (nSPS) is 19.6. The van der Waals surface area contributed by atoms with E-state index in [9.17, 15) is 0 Å². The lowest BCUT2D eigenvalue weighted by atomic mass is 9.86. The largest absolute Gasteiger partial charge is 0.480 e. The van der Waals surface area contributed by atoms with Gasteiger partial charge in [-0.05, 0) is 36.1 Å². The number of anilines is 1. The van der Waals surface area contributed by atoms with E-state index in [4.69, 9.17) is 4.74 Å². The molecule has 0 saturated heterocycles. The molecule has 0 fully saturated rings. The van der Waals surface area contributed by atoms with Gasteiger partial charge in [0.05, 0.1) is 5.70 Å². The Balaban J connectivity index is 1.65. The Morgan fingerprint density at radius 1 is 1.07 bits per heavy atom. The standard InChI is InChI=1S/C23H18N4OS/c1-14-9-10-17-16(12-14)20-19(22(28-17)15-6-3-2-4-7-15)21(18-8-5-11-29-18)27-23(26-20)24-13-25-27/h2-13,21-22H,1H3,(H,24,25,26)/t21-,22-/m1/s1. The summed E-state index contributed by atoms with van der Waals surface area (Å²) in [6.07, 6.45) is 1.40. The van der Waals surface area contributed by atoms with E-state index in [1.165, 1.54) is 10.4 Å². The number of hydrogen-bond acceptors (Lipinski definition) is 5. The van der Waals surface area contributed by atoms with Crippen molar-refractivity contribution < 1.29 is 4.74 Å². The van der Waals surface area contributed by atoms with Crippen molar-refractivity contribution in [2.75, 3.05) is 5.32 Å². The van der Waals surface area contributed by atoms with Crippen LogP contribution in [0.1, 0.15) is 33.7 Å². The van der Waals surface area contributed by atoms with Crippen molar-refractivity contribution >= 4 is 23.0 Å². The second-order valence-corrected chi connectivity index (χ2v) is 8.29. The van der Waals surface area contributed by atoms with Gasteiger partial charge in [-0.1, -0.05) is 48.0 Å². The van der Waals surface area contributed by atoms with E-state index in [-0.39, 0.29) is 12.1 Å². The Morgan fingerprint density at radius 3 is 2.79 bits per heavy atom. The van der Waals surface area contributed by atoms with Gasteiger partial charge in [-0.2, -0.15) is 10.1 Å². The number of aryl methyl sites for hydroxylation is 1. The minimum atomic E-state index is -0.210. The van der Waals surface area contributed by atoms with E-state index < -0.39 is 0 Å². The van der Waals surface area contributed by atoms with Gasteiger partial charge in [0.15, 0.2) is 0 Å². The molecular weight excluding hydrogens is 380 g/mol. The first kappa shape index (κ1) is 16.6. The highest BCUT2D eigenvalue weighted by Gasteiger charge is 2.41. The van der Waals surface area contributed by atoms with Gasteiger partial charge < -0.3 is 10.1 Å². The van der Waals surface area contributed by atoms with Crippen LogP contribution in [0.25, 0.3) is 5.70 Å². The Morgan fingerprint density at radius 2 is 1.97 bits per heavy atom. The fraction of sp³-hybridized carbons (Fsp3) is 0.130. The van der Waals surface area contributed by atoms with Crippen LogP contribution < -0.4 is 10.1 Å². The Bertz CT molecular complexity index is 1230.